The number of benzene rings is 3. The van der Waals surface area contributed by atoms with Crippen LogP contribution in [0.2, 0.25) is 0 Å². The molecule has 1 N–H and O–H groups in total. The molecule has 1 heterocycles. The minimum atomic E-state index is -3.72. The fourth-order valence-corrected chi connectivity index (χ4v) is 4.36. The van der Waals surface area contributed by atoms with Gasteiger partial charge in [0.15, 0.2) is 0 Å². The molecule has 0 saturated heterocycles. The summed E-state index contributed by atoms with van der Waals surface area (Å²) in [4.78, 5) is 16.8. The summed E-state index contributed by atoms with van der Waals surface area (Å²) in [6.07, 6.45) is 2.88. The monoisotopic (exact) mass is 507 g/mol. The predicted octanol–water partition coefficient (Wildman–Crippen LogP) is 5.15. The first-order valence-electron chi connectivity index (χ1n) is 11.7. The molecule has 4 aromatic rings. The summed E-state index contributed by atoms with van der Waals surface area (Å²) in [5.74, 6) is 2.10. The third-order valence-corrected chi connectivity index (χ3v) is 6.29. The van der Waals surface area contributed by atoms with E-state index in [2.05, 4.69) is 11.5 Å². The number of nitrogens with one attached hydrogen (secondary N) is 1. The van der Waals surface area contributed by atoms with E-state index < -0.39 is 16.1 Å². The number of methoxy groups -OCH3 is 1. The second-order valence-electron chi connectivity index (χ2n) is 8.53. The highest BCUT2D eigenvalue weighted by Crippen LogP contribution is 2.31. The SMILES string of the molecule is CCCCc1nc2ccc(OC)cc2n1Cc1ccc(-c2ccccc2OC(=O)NS(C)(=O)=O)cc1. The predicted molar refractivity (Wildman–Crippen MR) is 140 cm³/mol. The largest absolute Gasteiger partial charge is 0.497 e. The van der Waals surface area contributed by atoms with Crippen molar-refractivity contribution in [1.82, 2.24) is 14.3 Å². The number of aryl methyl sites for hydroxylation is 1. The number of sulfonamides is 1. The second-order valence-corrected chi connectivity index (χ2v) is 10.3. The summed E-state index contributed by atoms with van der Waals surface area (Å²) in [5, 5.41) is 0. The third kappa shape index (κ3) is 6.04. The molecule has 0 saturated carbocycles. The van der Waals surface area contributed by atoms with Crippen LogP contribution in [0.4, 0.5) is 4.79 Å². The van der Waals surface area contributed by atoms with Gasteiger partial charge in [-0.25, -0.2) is 22.9 Å². The Balaban J connectivity index is 1.61. The molecular formula is C27H29N3O5S. The van der Waals surface area contributed by atoms with E-state index in [1.165, 1.54) is 0 Å². The topological polar surface area (TPSA) is 99.5 Å². The van der Waals surface area contributed by atoms with E-state index in [9.17, 15) is 13.2 Å². The standard InChI is InChI=1S/C27H29N3O5S/c1-4-5-10-26-28-23-16-15-21(34-2)17-24(23)30(26)18-19-11-13-20(14-12-19)22-8-6-7-9-25(22)35-27(31)29-36(3,32)33/h6-9,11-17H,4-5,10,18H2,1-3H3,(H,29,31). The zero-order valence-corrected chi connectivity index (χ0v) is 21.3. The van der Waals surface area contributed by atoms with Gasteiger partial charge in [-0.1, -0.05) is 55.8 Å². The van der Waals surface area contributed by atoms with Crippen molar-refractivity contribution in [3.8, 4) is 22.6 Å². The first kappa shape index (κ1) is 25.2. The van der Waals surface area contributed by atoms with Crippen LogP contribution in [-0.4, -0.2) is 37.4 Å². The number of aromatic nitrogens is 2. The Morgan fingerprint density at radius 1 is 1.06 bits per heavy atom. The molecule has 0 radical (unpaired) electrons. The van der Waals surface area contributed by atoms with Gasteiger partial charge in [-0.15, -0.1) is 0 Å². The number of imidazole rings is 1. The number of carbonyl (C=O) groups is 1. The fourth-order valence-electron chi connectivity index (χ4n) is 4.02. The molecular weight excluding hydrogens is 478 g/mol. The molecule has 36 heavy (non-hydrogen) atoms. The average molecular weight is 508 g/mol. The van der Waals surface area contributed by atoms with E-state index in [0.29, 0.717) is 12.1 Å². The Bertz CT molecular complexity index is 1480. The van der Waals surface area contributed by atoms with Gasteiger partial charge in [-0.3, -0.25) is 0 Å². The maximum absolute atomic E-state index is 12.0. The van der Waals surface area contributed by atoms with Gasteiger partial charge in [0, 0.05) is 24.6 Å². The molecule has 0 bridgehead atoms. The third-order valence-electron chi connectivity index (χ3n) is 5.75. The molecule has 0 spiro atoms. The Kier molecular flexibility index (Phi) is 7.59. The second kappa shape index (κ2) is 10.8. The Morgan fingerprint density at radius 3 is 2.50 bits per heavy atom. The summed E-state index contributed by atoms with van der Waals surface area (Å²) in [7, 11) is -2.06. The van der Waals surface area contributed by atoms with E-state index in [0.717, 1.165) is 59.3 Å². The van der Waals surface area contributed by atoms with Crippen LogP contribution in [0.3, 0.4) is 0 Å². The molecule has 0 unspecified atom stereocenters. The van der Waals surface area contributed by atoms with Crippen molar-refractivity contribution < 1.29 is 22.7 Å². The molecule has 1 aromatic heterocycles. The van der Waals surface area contributed by atoms with Crippen LogP contribution in [-0.2, 0) is 23.0 Å². The lowest BCUT2D eigenvalue weighted by Gasteiger charge is -2.12. The molecule has 9 heteroatoms. The molecule has 0 fully saturated rings. The van der Waals surface area contributed by atoms with Crippen molar-refractivity contribution in [2.45, 2.75) is 32.7 Å². The van der Waals surface area contributed by atoms with Gasteiger partial charge < -0.3 is 14.0 Å². The summed E-state index contributed by atoms with van der Waals surface area (Å²) < 4.78 is 37.4. The van der Waals surface area contributed by atoms with E-state index in [4.69, 9.17) is 14.5 Å². The number of carbonyl (C=O) groups excluding carboxylic acids is 1. The van der Waals surface area contributed by atoms with Crippen molar-refractivity contribution in [3.63, 3.8) is 0 Å². The van der Waals surface area contributed by atoms with Crippen LogP contribution in [0.25, 0.3) is 22.2 Å². The van der Waals surface area contributed by atoms with Crippen molar-refractivity contribution in [2.24, 2.45) is 0 Å². The minimum Gasteiger partial charge on any atom is -0.497 e. The fraction of sp³-hybridized carbons (Fsp3) is 0.259. The number of unbranched alkanes of at least 4 members (excludes halogenated alkanes) is 1. The number of para-hydroxylation sites is 1. The van der Waals surface area contributed by atoms with E-state index >= 15 is 0 Å². The van der Waals surface area contributed by atoms with Gasteiger partial charge >= 0.3 is 6.09 Å². The van der Waals surface area contributed by atoms with Crippen molar-refractivity contribution >= 4 is 27.1 Å². The summed E-state index contributed by atoms with van der Waals surface area (Å²) in [6.45, 7) is 2.82. The number of hydrogen-bond donors (Lipinski definition) is 1. The quantitative estimate of drug-likeness (QED) is 0.336. The first-order valence-corrected chi connectivity index (χ1v) is 13.6. The molecule has 0 aliphatic heterocycles. The van der Waals surface area contributed by atoms with Crippen molar-refractivity contribution in [3.05, 3.63) is 78.1 Å². The Labute approximate surface area is 210 Å². The normalized spacial score (nSPS) is 11.4. The highest BCUT2D eigenvalue weighted by molar-refractivity contribution is 7.89. The molecule has 188 valence electrons. The Hall–Kier alpha value is -3.85. The number of hydrogen-bond acceptors (Lipinski definition) is 6. The molecule has 3 aromatic carbocycles. The van der Waals surface area contributed by atoms with Crippen LogP contribution in [0.15, 0.2) is 66.7 Å². The molecule has 1 amide bonds. The van der Waals surface area contributed by atoms with Crippen LogP contribution < -0.4 is 14.2 Å². The van der Waals surface area contributed by atoms with E-state index in [-0.39, 0.29) is 5.75 Å². The number of fused-ring (bicyclic) bond motifs is 1. The van der Waals surface area contributed by atoms with Crippen LogP contribution in [0.5, 0.6) is 11.5 Å². The lowest BCUT2D eigenvalue weighted by atomic mass is 10.0. The lowest BCUT2D eigenvalue weighted by molar-refractivity contribution is 0.207. The number of rotatable bonds is 9. The molecule has 0 aliphatic rings. The van der Waals surface area contributed by atoms with Crippen molar-refractivity contribution in [1.29, 1.82) is 0 Å². The van der Waals surface area contributed by atoms with Crippen LogP contribution >= 0.6 is 0 Å². The van der Waals surface area contributed by atoms with E-state index in [1.54, 1.807) is 19.2 Å². The first-order chi connectivity index (χ1) is 17.3. The van der Waals surface area contributed by atoms with Crippen LogP contribution in [0, 0.1) is 0 Å². The van der Waals surface area contributed by atoms with Crippen LogP contribution in [0.1, 0.15) is 31.2 Å². The highest BCUT2D eigenvalue weighted by Gasteiger charge is 2.15. The molecule has 0 aliphatic carbocycles. The van der Waals surface area contributed by atoms with Crippen molar-refractivity contribution in [2.75, 3.05) is 13.4 Å². The molecule has 0 atom stereocenters. The highest BCUT2D eigenvalue weighted by atomic mass is 32.2. The zero-order valence-electron chi connectivity index (χ0n) is 20.5. The zero-order chi connectivity index (χ0) is 25.7. The van der Waals surface area contributed by atoms with Gasteiger partial charge in [-0.05, 0) is 35.7 Å². The Morgan fingerprint density at radius 2 is 1.81 bits per heavy atom. The molecule has 4 rings (SSSR count). The maximum atomic E-state index is 12.0. The summed E-state index contributed by atoms with van der Waals surface area (Å²) >= 11 is 0. The number of ether oxygens (including phenoxy) is 2. The van der Waals surface area contributed by atoms with Gasteiger partial charge in [0.1, 0.15) is 17.3 Å². The maximum Gasteiger partial charge on any atom is 0.426 e. The number of amides is 1. The number of nitrogens with zero attached hydrogens (tertiary/aromatic N) is 2. The average Bonchev–Trinajstić information content (AvgIpc) is 3.18. The summed E-state index contributed by atoms with van der Waals surface area (Å²) in [5.41, 5.74) is 4.57. The summed E-state index contributed by atoms with van der Waals surface area (Å²) in [6, 6.07) is 20.9. The van der Waals surface area contributed by atoms with Gasteiger partial charge in [0.25, 0.3) is 0 Å². The molecule has 8 nitrogen and oxygen atoms in total. The lowest BCUT2D eigenvalue weighted by Crippen LogP contribution is -2.32. The minimum absolute atomic E-state index is 0.265. The van der Waals surface area contributed by atoms with Gasteiger partial charge in [0.2, 0.25) is 10.0 Å². The van der Waals surface area contributed by atoms with Gasteiger partial charge in [0.05, 0.1) is 24.4 Å². The van der Waals surface area contributed by atoms with Gasteiger partial charge in [-0.2, -0.15) is 0 Å². The smallest absolute Gasteiger partial charge is 0.426 e. The van der Waals surface area contributed by atoms with E-state index in [1.807, 2.05) is 59.3 Å².